The van der Waals surface area contributed by atoms with Gasteiger partial charge >= 0.3 is 0 Å². The molecule has 0 aromatic heterocycles. The molecule has 0 aromatic rings. The minimum absolute atomic E-state index is 0.144. The van der Waals surface area contributed by atoms with Crippen LogP contribution in [0.25, 0.3) is 0 Å². The monoisotopic (exact) mass is 368 g/mol. The number of carbonyl (C=O) groups excluding carboxylic acids is 1. The maximum atomic E-state index is 12.9. The second-order valence-corrected chi connectivity index (χ2v) is 10.6. The van der Waals surface area contributed by atoms with Crippen molar-refractivity contribution >= 4 is 5.78 Å². The van der Waals surface area contributed by atoms with Gasteiger partial charge in [-0.05, 0) is 18.8 Å². The van der Waals surface area contributed by atoms with Gasteiger partial charge in [-0.3, -0.25) is 4.79 Å². The van der Waals surface area contributed by atoms with Gasteiger partial charge in [0, 0.05) is 34.0 Å². The highest BCUT2D eigenvalue weighted by molar-refractivity contribution is 5.89. The third-order valence-corrected chi connectivity index (χ3v) is 9.28. The molecule has 5 N–H and O–H groups in total. The first-order valence-corrected chi connectivity index (χ1v) is 9.75. The summed E-state index contributed by atoms with van der Waals surface area (Å²) in [5.74, 6) is -2.01. The molecular formula is C20H32O6. The number of rotatable bonds is 0. The lowest BCUT2D eigenvalue weighted by Crippen LogP contribution is -2.73. The van der Waals surface area contributed by atoms with Crippen LogP contribution in [0.15, 0.2) is 0 Å². The molecule has 4 saturated carbocycles. The Morgan fingerprint density at radius 1 is 0.962 bits per heavy atom. The molecule has 4 aliphatic carbocycles. The summed E-state index contributed by atoms with van der Waals surface area (Å²) in [5, 5.41) is 55.4. The Kier molecular flexibility index (Phi) is 3.54. The van der Waals surface area contributed by atoms with Gasteiger partial charge < -0.3 is 25.5 Å². The van der Waals surface area contributed by atoms with E-state index in [0.717, 1.165) is 0 Å². The third-order valence-electron chi connectivity index (χ3n) is 9.28. The molecule has 0 bridgehead atoms. The number of fused-ring (bicyclic) bond motifs is 4. The van der Waals surface area contributed by atoms with Crippen LogP contribution in [0.2, 0.25) is 0 Å². The summed E-state index contributed by atoms with van der Waals surface area (Å²) < 4.78 is 0. The molecule has 4 rings (SSSR count). The molecule has 4 aliphatic rings. The van der Waals surface area contributed by atoms with Crippen molar-refractivity contribution in [1.29, 1.82) is 0 Å². The predicted octanol–water partition coefficient (Wildman–Crippen LogP) is 0.0883. The van der Waals surface area contributed by atoms with Crippen molar-refractivity contribution in [3.63, 3.8) is 0 Å². The number of aliphatic hydroxyl groups is 5. The molecule has 26 heavy (non-hydrogen) atoms. The summed E-state index contributed by atoms with van der Waals surface area (Å²) in [6.07, 6.45) is -3.89. The molecule has 0 spiro atoms. The van der Waals surface area contributed by atoms with Crippen molar-refractivity contribution in [3.8, 4) is 0 Å². The van der Waals surface area contributed by atoms with Crippen LogP contribution in [0.4, 0.5) is 0 Å². The number of hydrogen-bond acceptors (Lipinski definition) is 6. The van der Waals surface area contributed by atoms with Crippen LogP contribution < -0.4 is 0 Å². The number of ketones is 1. The Hall–Kier alpha value is -0.530. The SMILES string of the molecule is C[C@@H]1[C@H](O)[C@@H]2[C@@H](O)[C@]3(C)C[C@H]4C(=O)C(C)(C)C[C@H]4[C@]3(C)[C@@H](O)[C@@]2(O)[C@@H]1O. The van der Waals surface area contributed by atoms with E-state index in [9.17, 15) is 30.3 Å². The molecular weight excluding hydrogens is 336 g/mol. The molecule has 0 radical (unpaired) electrons. The highest BCUT2D eigenvalue weighted by Crippen LogP contribution is 2.73. The first-order valence-electron chi connectivity index (χ1n) is 9.75. The molecule has 0 unspecified atom stereocenters. The van der Waals surface area contributed by atoms with Crippen molar-refractivity contribution in [1.82, 2.24) is 0 Å². The lowest BCUT2D eigenvalue weighted by Gasteiger charge is -2.61. The van der Waals surface area contributed by atoms with E-state index in [4.69, 9.17) is 0 Å². The number of carbonyl (C=O) groups is 1. The van der Waals surface area contributed by atoms with Gasteiger partial charge in [0.2, 0.25) is 0 Å². The van der Waals surface area contributed by atoms with Gasteiger partial charge in [-0.15, -0.1) is 0 Å². The summed E-state index contributed by atoms with van der Waals surface area (Å²) in [7, 11) is 0. The van der Waals surface area contributed by atoms with Gasteiger partial charge in [-0.25, -0.2) is 0 Å². The van der Waals surface area contributed by atoms with Gasteiger partial charge in [-0.1, -0.05) is 34.6 Å². The Labute approximate surface area is 154 Å². The van der Waals surface area contributed by atoms with Gasteiger partial charge in [-0.2, -0.15) is 0 Å². The molecule has 0 aliphatic heterocycles. The van der Waals surface area contributed by atoms with Crippen LogP contribution in [-0.2, 0) is 4.79 Å². The van der Waals surface area contributed by atoms with E-state index in [-0.39, 0.29) is 17.6 Å². The van der Waals surface area contributed by atoms with Crippen LogP contribution in [0.3, 0.4) is 0 Å². The average Bonchev–Trinajstić information content (AvgIpc) is 3.00. The zero-order chi connectivity index (χ0) is 19.6. The van der Waals surface area contributed by atoms with Gasteiger partial charge in [0.05, 0.1) is 24.4 Å². The maximum absolute atomic E-state index is 12.9. The van der Waals surface area contributed by atoms with E-state index in [1.54, 1.807) is 6.92 Å². The van der Waals surface area contributed by atoms with Crippen LogP contribution in [-0.4, -0.2) is 61.3 Å². The van der Waals surface area contributed by atoms with Crippen LogP contribution >= 0.6 is 0 Å². The van der Waals surface area contributed by atoms with Crippen LogP contribution in [0.5, 0.6) is 0 Å². The van der Waals surface area contributed by atoms with Crippen LogP contribution in [0, 0.1) is 39.9 Å². The highest BCUT2D eigenvalue weighted by Gasteiger charge is 2.80. The van der Waals surface area contributed by atoms with Gasteiger partial charge in [0.15, 0.2) is 0 Å². The topological polar surface area (TPSA) is 118 Å². The van der Waals surface area contributed by atoms with E-state index in [2.05, 4.69) is 0 Å². The summed E-state index contributed by atoms with van der Waals surface area (Å²) in [6.45, 7) is 9.15. The average molecular weight is 368 g/mol. The second kappa shape index (κ2) is 4.90. The lowest BCUT2D eigenvalue weighted by atomic mass is 9.47. The highest BCUT2D eigenvalue weighted by atomic mass is 16.4. The molecule has 4 fully saturated rings. The largest absolute Gasteiger partial charge is 0.392 e. The predicted molar refractivity (Wildman–Crippen MR) is 92.8 cm³/mol. The molecule has 6 nitrogen and oxygen atoms in total. The molecule has 148 valence electrons. The maximum Gasteiger partial charge on any atom is 0.141 e. The van der Waals surface area contributed by atoms with Crippen molar-refractivity contribution in [2.45, 2.75) is 77.5 Å². The Bertz CT molecular complexity index is 663. The van der Waals surface area contributed by atoms with Crippen molar-refractivity contribution in [2.75, 3.05) is 0 Å². The standard InChI is InChI=1S/C20H32O6/c1-8-12(21)11-15(24)18(4)6-9-10(7-17(2,3)14(9)23)19(18,5)16(25)20(11,26)13(8)22/h8-13,15-16,21-22,24-26H,6-7H2,1-5H3/t8-,9-,10-,11-,12+,13-,15-,16-,18+,19-,20+/m1/s1. The fourth-order valence-electron chi connectivity index (χ4n) is 7.46. The van der Waals surface area contributed by atoms with Gasteiger partial charge in [0.1, 0.15) is 11.4 Å². The Balaban J connectivity index is 1.89. The first-order chi connectivity index (χ1) is 11.8. The quantitative estimate of drug-likeness (QED) is 0.414. The normalized spacial score (nSPS) is 63.5. The van der Waals surface area contributed by atoms with E-state index < -0.39 is 58.1 Å². The molecule has 0 amide bonds. The molecule has 6 heteroatoms. The fraction of sp³-hybridized carbons (Fsp3) is 0.950. The first kappa shape index (κ1) is 18.8. The van der Waals surface area contributed by atoms with Crippen molar-refractivity contribution in [3.05, 3.63) is 0 Å². The molecule has 0 saturated heterocycles. The van der Waals surface area contributed by atoms with Crippen LogP contribution in [0.1, 0.15) is 47.5 Å². The molecule has 0 aromatic carbocycles. The second-order valence-electron chi connectivity index (χ2n) is 10.6. The number of Topliss-reactive ketones (excluding diaryl/α,β-unsaturated/α-hetero) is 1. The Morgan fingerprint density at radius 3 is 2.12 bits per heavy atom. The van der Waals surface area contributed by atoms with Crippen molar-refractivity contribution in [2.24, 2.45) is 39.9 Å². The molecule has 11 atom stereocenters. The van der Waals surface area contributed by atoms with E-state index >= 15 is 0 Å². The summed E-state index contributed by atoms with van der Waals surface area (Å²) in [6, 6.07) is 0. The van der Waals surface area contributed by atoms with Crippen molar-refractivity contribution < 1.29 is 30.3 Å². The number of aliphatic hydroxyl groups excluding tert-OH is 4. The number of hydrogen-bond donors (Lipinski definition) is 5. The Morgan fingerprint density at radius 2 is 1.54 bits per heavy atom. The minimum atomic E-state index is -1.99. The molecule has 0 heterocycles. The van der Waals surface area contributed by atoms with E-state index in [0.29, 0.717) is 12.8 Å². The zero-order valence-electron chi connectivity index (χ0n) is 16.2. The summed E-state index contributed by atoms with van der Waals surface area (Å²) >= 11 is 0. The third kappa shape index (κ3) is 1.66. The van der Waals surface area contributed by atoms with E-state index in [1.807, 2.05) is 27.7 Å². The van der Waals surface area contributed by atoms with E-state index in [1.165, 1.54) is 0 Å². The smallest absolute Gasteiger partial charge is 0.141 e. The lowest BCUT2D eigenvalue weighted by molar-refractivity contribution is -0.292. The zero-order valence-corrected chi connectivity index (χ0v) is 16.2. The van der Waals surface area contributed by atoms with Gasteiger partial charge in [0.25, 0.3) is 0 Å². The summed E-state index contributed by atoms with van der Waals surface area (Å²) in [5.41, 5.74) is -4.24. The summed E-state index contributed by atoms with van der Waals surface area (Å²) in [4.78, 5) is 12.9. The fourth-order valence-corrected chi connectivity index (χ4v) is 7.46. The minimum Gasteiger partial charge on any atom is -0.392 e.